The van der Waals surface area contributed by atoms with Crippen LogP contribution in [0.1, 0.15) is 0 Å². The van der Waals surface area contributed by atoms with Crippen molar-refractivity contribution in [3.8, 4) is 11.5 Å². The first-order chi connectivity index (χ1) is 14.5. The summed E-state index contributed by atoms with van der Waals surface area (Å²) in [7, 11) is 0. The highest BCUT2D eigenvalue weighted by Crippen LogP contribution is 2.31. The number of carbonyl (C=O) groups is 2. The zero-order valence-corrected chi connectivity index (χ0v) is 16.2. The second-order valence-corrected chi connectivity index (χ2v) is 7.29. The zero-order valence-electron chi connectivity index (χ0n) is 16.2. The van der Waals surface area contributed by atoms with Crippen LogP contribution >= 0.6 is 0 Å². The Bertz CT molecular complexity index is 948. The molecule has 0 spiro atoms. The third-order valence-corrected chi connectivity index (χ3v) is 5.18. The van der Waals surface area contributed by atoms with E-state index >= 15 is 0 Å². The van der Waals surface area contributed by atoms with Crippen LogP contribution in [-0.2, 0) is 9.59 Å². The molecule has 2 aromatic carbocycles. The number of hydrogen-bond donors (Lipinski definition) is 2. The van der Waals surface area contributed by atoms with Crippen LogP contribution < -0.4 is 19.7 Å². The van der Waals surface area contributed by atoms with Gasteiger partial charge in [0.2, 0.25) is 6.10 Å². The Morgan fingerprint density at radius 3 is 2.60 bits per heavy atom. The Balaban J connectivity index is 1.26. The molecule has 0 aliphatic carbocycles. The number of hydrogen-bond acceptors (Lipinski definition) is 4. The number of rotatable bonds is 4. The van der Waals surface area contributed by atoms with Gasteiger partial charge in [0.15, 0.2) is 18.0 Å². The van der Waals surface area contributed by atoms with E-state index in [1.807, 2.05) is 12.1 Å². The SMILES string of the molecule is O=C(C[NH+]1CCN(C(=O)[C@H]2COc3ccccc3O2)CC1)Nc1cc(F)ccc1F. The number of para-hydroxylation sites is 2. The Morgan fingerprint density at radius 1 is 1.10 bits per heavy atom. The van der Waals surface area contributed by atoms with Crippen LogP contribution in [0.2, 0.25) is 0 Å². The number of anilines is 1. The number of nitrogens with zero attached hydrogens (tertiary/aromatic N) is 1. The normalized spacial score (nSPS) is 18.7. The van der Waals surface area contributed by atoms with Gasteiger partial charge in [-0.15, -0.1) is 0 Å². The number of fused-ring (bicyclic) bond motifs is 1. The van der Waals surface area contributed by atoms with Crippen molar-refractivity contribution in [1.29, 1.82) is 0 Å². The van der Waals surface area contributed by atoms with Crippen LogP contribution in [-0.4, -0.2) is 62.1 Å². The molecule has 0 unspecified atom stereocenters. The maximum atomic E-state index is 13.7. The van der Waals surface area contributed by atoms with Gasteiger partial charge in [0.05, 0.1) is 31.9 Å². The van der Waals surface area contributed by atoms with Crippen LogP contribution in [0.25, 0.3) is 0 Å². The van der Waals surface area contributed by atoms with Gasteiger partial charge >= 0.3 is 0 Å². The summed E-state index contributed by atoms with van der Waals surface area (Å²) in [6, 6.07) is 10.1. The molecule has 0 saturated carbocycles. The summed E-state index contributed by atoms with van der Waals surface area (Å²) in [6.07, 6.45) is -0.694. The van der Waals surface area contributed by atoms with Crippen molar-refractivity contribution in [2.45, 2.75) is 6.10 Å². The predicted molar refractivity (Wildman–Crippen MR) is 103 cm³/mol. The molecule has 9 heteroatoms. The van der Waals surface area contributed by atoms with Crippen molar-refractivity contribution in [2.24, 2.45) is 0 Å². The predicted octanol–water partition coefficient (Wildman–Crippen LogP) is 0.470. The fourth-order valence-electron chi connectivity index (χ4n) is 3.58. The van der Waals surface area contributed by atoms with Crippen molar-refractivity contribution >= 4 is 17.5 Å². The van der Waals surface area contributed by atoms with Crippen molar-refractivity contribution in [3.63, 3.8) is 0 Å². The molecule has 2 aromatic rings. The molecule has 2 aliphatic heterocycles. The molecule has 2 heterocycles. The molecule has 158 valence electrons. The summed E-state index contributed by atoms with van der Waals surface area (Å²) in [6.45, 7) is 2.33. The summed E-state index contributed by atoms with van der Waals surface area (Å²) < 4.78 is 38.3. The van der Waals surface area contributed by atoms with E-state index in [0.717, 1.165) is 23.1 Å². The maximum Gasteiger partial charge on any atom is 0.279 e. The quantitative estimate of drug-likeness (QED) is 0.758. The summed E-state index contributed by atoms with van der Waals surface area (Å²) >= 11 is 0. The number of amides is 2. The highest BCUT2D eigenvalue weighted by atomic mass is 19.1. The van der Waals surface area contributed by atoms with Gasteiger partial charge < -0.3 is 24.6 Å². The molecule has 2 amide bonds. The third kappa shape index (κ3) is 4.51. The van der Waals surface area contributed by atoms with Gasteiger partial charge in [-0.1, -0.05) is 12.1 Å². The molecule has 0 aromatic heterocycles. The number of nitrogens with one attached hydrogen (secondary N) is 2. The lowest BCUT2D eigenvalue weighted by molar-refractivity contribution is -0.895. The Hall–Kier alpha value is -3.20. The average molecular weight is 418 g/mol. The first-order valence-electron chi connectivity index (χ1n) is 9.75. The molecule has 1 fully saturated rings. The van der Waals surface area contributed by atoms with E-state index in [1.165, 1.54) is 0 Å². The number of piperazine rings is 1. The van der Waals surface area contributed by atoms with Crippen LogP contribution in [0.4, 0.5) is 14.5 Å². The Morgan fingerprint density at radius 2 is 1.83 bits per heavy atom. The van der Waals surface area contributed by atoms with Crippen LogP contribution in [0.15, 0.2) is 42.5 Å². The molecule has 4 rings (SSSR count). The largest absolute Gasteiger partial charge is 0.485 e. The summed E-state index contributed by atoms with van der Waals surface area (Å²) in [5.41, 5.74) is -0.178. The fourth-order valence-corrected chi connectivity index (χ4v) is 3.58. The Kier molecular flexibility index (Phi) is 5.80. The van der Waals surface area contributed by atoms with E-state index in [2.05, 4.69) is 5.32 Å². The molecule has 2 aliphatic rings. The van der Waals surface area contributed by atoms with E-state index in [-0.39, 0.29) is 24.7 Å². The second-order valence-electron chi connectivity index (χ2n) is 7.29. The molecule has 0 radical (unpaired) electrons. The molecule has 2 N–H and O–H groups in total. The lowest BCUT2D eigenvalue weighted by atomic mass is 10.2. The highest BCUT2D eigenvalue weighted by Gasteiger charge is 2.34. The molecule has 30 heavy (non-hydrogen) atoms. The second kappa shape index (κ2) is 8.66. The van der Waals surface area contributed by atoms with Crippen molar-refractivity contribution in [2.75, 3.05) is 44.6 Å². The number of ether oxygens (including phenoxy) is 2. The first-order valence-corrected chi connectivity index (χ1v) is 9.75. The van der Waals surface area contributed by atoms with Gasteiger partial charge in [-0.2, -0.15) is 0 Å². The number of quaternary nitrogens is 1. The first kappa shape index (κ1) is 20.1. The molecular formula is C21H22F2N3O4+. The minimum absolute atomic E-state index is 0.106. The lowest BCUT2D eigenvalue weighted by Gasteiger charge is -2.35. The van der Waals surface area contributed by atoms with Gasteiger partial charge in [-0.3, -0.25) is 9.59 Å². The van der Waals surface area contributed by atoms with Crippen LogP contribution in [0, 0.1) is 11.6 Å². The number of carbonyl (C=O) groups excluding carboxylic acids is 2. The van der Waals surface area contributed by atoms with E-state index in [9.17, 15) is 18.4 Å². The van der Waals surface area contributed by atoms with Crippen molar-refractivity contribution in [1.82, 2.24) is 4.90 Å². The zero-order chi connectivity index (χ0) is 21.1. The molecule has 1 atom stereocenters. The number of benzene rings is 2. The van der Waals surface area contributed by atoms with Gasteiger partial charge in [0.1, 0.15) is 18.2 Å². The lowest BCUT2D eigenvalue weighted by Crippen LogP contribution is -3.15. The number of halogens is 2. The monoisotopic (exact) mass is 418 g/mol. The van der Waals surface area contributed by atoms with E-state index in [1.54, 1.807) is 17.0 Å². The topological polar surface area (TPSA) is 72.3 Å². The summed E-state index contributed by atoms with van der Waals surface area (Å²) in [4.78, 5) is 27.6. The van der Waals surface area contributed by atoms with Gasteiger partial charge in [0.25, 0.3) is 11.8 Å². The van der Waals surface area contributed by atoms with Gasteiger partial charge in [-0.05, 0) is 24.3 Å². The maximum absolute atomic E-state index is 13.7. The average Bonchev–Trinajstić information content (AvgIpc) is 2.76. The minimum atomic E-state index is -0.694. The molecule has 7 nitrogen and oxygen atoms in total. The van der Waals surface area contributed by atoms with Crippen molar-refractivity contribution in [3.05, 3.63) is 54.1 Å². The van der Waals surface area contributed by atoms with E-state index < -0.39 is 23.6 Å². The van der Waals surface area contributed by atoms with Gasteiger partial charge in [0, 0.05) is 6.07 Å². The molecule has 0 bridgehead atoms. The van der Waals surface area contributed by atoms with Gasteiger partial charge in [-0.25, -0.2) is 8.78 Å². The van der Waals surface area contributed by atoms with Crippen LogP contribution in [0.5, 0.6) is 11.5 Å². The highest BCUT2D eigenvalue weighted by molar-refractivity contribution is 5.91. The fraction of sp³-hybridized carbons (Fsp3) is 0.333. The standard InChI is InChI=1S/C21H21F2N3O4/c22-14-5-6-15(23)16(11-14)24-20(27)12-25-7-9-26(10-8-25)21(28)19-13-29-17-3-1-2-4-18(17)30-19/h1-6,11,19H,7-10,12-13H2,(H,24,27)/p+1/t19-/m1/s1. The summed E-state index contributed by atoms with van der Waals surface area (Å²) in [5.74, 6) is -0.692. The van der Waals surface area contributed by atoms with E-state index in [4.69, 9.17) is 9.47 Å². The van der Waals surface area contributed by atoms with E-state index in [0.29, 0.717) is 37.7 Å². The minimum Gasteiger partial charge on any atom is -0.485 e. The molecule has 1 saturated heterocycles. The Labute approximate surface area is 172 Å². The summed E-state index contributed by atoms with van der Waals surface area (Å²) in [5, 5.41) is 2.40. The smallest absolute Gasteiger partial charge is 0.279 e. The van der Waals surface area contributed by atoms with Crippen LogP contribution in [0.3, 0.4) is 0 Å². The molecular weight excluding hydrogens is 396 g/mol. The third-order valence-electron chi connectivity index (χ3n) is 5.18. The van der Waals surface area contributed by atoms with Crippen molar-refractivity contribution < 1.29 is 32.7 Å².